The molecule has 2 aromatic carbocycles. The molecule has 1 heterocycles. The topological polar surface area (TPSA) is 18.5 Å². The summed E-state index contributed by atoms with van der Waals surface area (Å²) in [6, 6.07) is 12.6. The van der Waals surface area contributed by atoms with E-state index in [9.17, 15) is 0 Å². The number of fused-ring (bicyclic) bond motifs is 2. The Balaban J connectivity index is 2.01. The number of ether oxygens (including phenoxy) is 1. The van der Waals surface area contributed by atoms with Crippen molar-refractivity contribution in [2.75, 3.05) is 0 Å². The van der Waals surface area contributed by atoms with Crippen molar-refractivity contribution in [1.29, 1.82) is 0 Å². The summed E-state index contributed by atoms with van der Waals surface area (Å²) in [6.07, 6.45) is 4.39. The number of para-hydroxylation sites is 1. The number of benzene rings is 2. The van der Waals surface area contributed by atoms with E-state index in [1.807, 2.05) is 12.1 Å². The third-order valence-corrected chi connectivity index (χ3v) is 4.72. The Bertz CT molecular complexity index is 664. The number of hydrogen-bond acceptors (Lipinski definition) is 2. The van der Waals surface area contributed by atoms with Crippen LogP contribution in [0.4, 0.5) is 0 Å². The Labute approximate surface area is 134 Å². The molecule has 0 radical (unpaired) electrons. The van der Waals surface area contributed by atoms with Crippen LogP contribution >= 0.6 is 0 Å². The summed E-state index contributed by atoms with van der Waals surface area (Å²) in [4.78, 5) is 0. The molecule has 22 heavy (non-hydrogen) atoms. The molecule has 3 heteroatoms. The van der Waals surface area contributed by atoms with E-state index in [2.05, 4.69) is 44.3 Å². The standard InChI is InChI=1S/C19H24O2Si/c1-4-5-8-14-11-12-18-16(19(14)21-22(2)3)13-15-9-6-7-10-17(15)20-18/h6-7,9-12,22H,4-5,8,13H2,1-3H3. The van der Waals surface area contributed by atoms with Crippen LogP contribution in [0.15, 0.2) is 36.4 Å². The summed E-state index contributed by atoms with van der Waals surface area (Å²) in [5, 5.41) is 0. The Hall–Kier alpha value is -1.74. The minimum absolute atomic E-state index is 0.905. The van der Waals surface area contributed by atoms with Gasteiger partial charge in [-0.15, -0.1) is 0 Å². The summed E-state index contributed by atoms with van der Waals surface area (Å²) in [7, 11) is -1.15. The van der Waals surface area contributed by atoms with Gasteiger partial charge in [0.2, 0.25) is 9.04 Å². The number of rotatable bonds is 5. The molecule has 1 aliphatic rings. The van der Waals surface area contributed by atoms with Crippen LogP contribution in [0.3, 0.4) is 0 Å². The van der Waals surface area contributed by atoms with Crippen molar-refractivity contribution in [3.63, 3.8) is 0 Å². The van der Waals surface area contributed by atoms with Crippen LogP contribution in [-0.4, -0.2) is 9.04 Å². The molecular formula is C19H24O2Si. The highest BCUT2D eigenvalue weighted by molar-refractivity contribution is 6.49. The SMILES string of the molecule is CCCCc1ccc2c(c1O[SiH](C)C)Cc1ccccc1O2. The van der Waals surface area contributed by atoms with E-state index >= 15 is 0 Å². The zero-order valence-corrected chi connectivity index (χ0v) is 14.8. The van der Waals surface area contributed by atoms with E-state index in [1.165, 1.54) is 29.5 Å². The van der Waals surface area contributed by atoms with Gasteiger partial charge in [-0.05, 0) is 49.2 Å². The lowest BCUT2D eigenvalue weighted by Gasteiger charge is -2.25. The quantitative estimate of drug-likeness (QED) is 0.611. The first kappa shape index (κ1) is 15.2. The van der Waals surface area contributed by atoms with E-state index in [1.54, 1.807) is 0 Å². The lowest BCUT2D eigenvalue weighted by Crippen LogP contribution is -2.16. The maximum Gasteiger partial charge on any atom is 0.229 e. The second-order valence-electron chi connectivity index (χ2n) is 6.19. The van der Waals surface area contributed by atoms with E-state index in [0.29, 0.717) is 0 Å². The van der Waals surface area contributed by atoms with E-state index in [0.717, 1.165) is 30.1 Å². The van der Waals surface area contributed by atoms with Crippen LogP contribution in [0.2, 0.25) is 13.1 Å². The van der Waals surface area contributed by atoms with Crippen molar-refractivity contribution in [2.45, 2.75) is 45.7 Å². The van der Waals surface area contributed by atoms with Crippen molar-refractivity contribution >= 4 is 9.04 Å². The fourth-order valence-corrected chi connectivity index (χ4v) is 3.69. The first-order chi connectivity index (χ1) is 10.7. The number of hydrogen-bond donors (Lipinski definition) is 0. The largest absolute Gasteiger partial charge is 0.547 e. The van der Waals surface area contributed by atoms with Crippen molar-refractivity contribution < 1.29 is 9.16 Å². The van der Waals surface area contributed by atoms with Crippen LogP contribution in [0.25, 0.3) is 0 Å². The van der Waals surface area contributed by atoms with Gasteiger partial charge in [-0.1, -0.05) is 37.6 Å². The second kappa shape index (κ2) is 6.57. The van der Waals surface area contributed by atoms with Gasteiger partial charge in [0.1, 0.15) is 17.2 Å². The average molecular weight is 312 g/mol. The maximum atomic E-state index is 6.31. The summed E-state index contributed by atoms with van der Waals surface area (Å²) in [5.74, 6) is 3.04. The highest BCUT2D eigenvalue weighted by Crippen LogP contribution is 2.42. The van der Waals surface area contributed by atoms with Crippen LogP contribution in [-0.2, 0) is 12.8 Å². The molecule has 0 atom stereocenters. The first-order valence-corrected chi connectivity index (χ1v) is 11.0. The first-order valence-electron chi connectivity index (χ1n) is 8.26. The van der Waals surface area contributed by atoms with E-state index in [-0.39, 0.29) is 0 Å². The molecular weight excluding hydrogens is 288 g/mol. The van der Waals surface area contributed by atoms with Crippen LogP contribution in [0, 0.1) is 0 Å². The van der Waals surface area contributed by atoms with Gasteiger partial charge in [0.15, 0.2) is 0 Å². The fourth-order valence-electron chi connectivity index (χ4n) is 2.93. The van der Waals surface area contributed by atoms with Crippen molar-refractivity contribution in [3.05, 3.63) is 53.1 Å². The second-order valence-corrected chi connectivity index (χ2v) is 8.52. The average Bonchev–Trinajstić information content (AvgIpc) is 2.52. The molecule has 116 valence electrons. The molecule has 0 aromatic heterocycles. The van der Waals surface area contributed by atoms with Gasteiger partial charge >= 0.3 is 0 Å². The normalized spacial score (nSPS) is 12.5. The van der Waals surface area contributed by atoms with E-state index < -0.39 is 9.04 Å². The van der Waals surface area contributed by atoms with Gasteiger partial charge in [-0.25, -0.2) is 0 Å². The smallest absolute Gasteiger partial charge is 0.229 e. The molecule has 2 nitrogen and oxygen atoms in total. The van der Waals surface area contributed by atoms with Crippen molar-refractivity contribution in [1.82, 2.24) is 0 Å². The van der Waals surface area contributed by atoms with Crippen LogP contribution < -0.4 is 9.16 Å². The number of unbranched alkanes of at least 4 members (excludes halogenated alkanes) is 1. The highest BCUT2D eigenvalue weighted by atomic mass is 28.3. The fraction of sp³-hybridized carbons (Fsp3) is 0.368. The Morgan fingerprint density at radius 3 is 2.68 bits per heavy atom. The lowest BCUT2D eigenvalue weighted by atomic mass is 9.95. The lowest BCUT2D eigenvalue weighted by molar-refractivity contribution is 0.450. The number of aryl methyl sites for hydroxylation is 1. The molecule has 0 fully saturated rings. The predicted octanol–water partition coefficient (Wildman–Crippen LogP) is 5.09. The minimum Gasteiger partial charge on any atom is -0.547 e. The third kappa shape index (κ3) is 3.04. The van der Waals surface area contributed by atoms with Gasteiger partial charge in [0.25, 0.3) is 0 Å². The molecule has 2 aromatic rings. The molecule has 0 bridgehead atoms. The van der Waals surface area contributed by atoms with Gasteiger partial charge in [0.05, 0.1) is 0 Å². The van der Waals surface area contributed by atoms with E-state index in [4.69, 9.17) is 9.16 Å². The molecule has 1 aliphatic heterocycles. The van der Waals surface area contributed by atoms with Gasteiger partial charge in [-0.3, -0.25) is 0 Å². The molecule has 0 N–H and O–H groups in total. The molecule has 0 saturated heterocycles. The Morgan fingerprint density at radius 2 is 1.91 bits per heavy atom. The summed E-state index contributed by atoms with van der Waals surface area (Å²) in [5.41, 5.74) is 3.82. The zero-order valence-electron chi connectivity index (χ0n) is 13.7. The highest BCUT2D eigenvalue weighted by Gasteiger charge is 2.23. The molecule has 0 amide bonds. The van der Waals surface area contributed by atoms with Crippen LogP contribution in [0.5, 0.6) is 17.2 Å². The molecule has 0 spiro atoms. The van der Waals surface area contributed by atoms with Crippen LogP contribution in [0.1, 0.15) is 36.5 Å². The molecule has 0 aliphatic carbocycles. The summed E-state index contributed by atoms with van der Waals surface area (Å²) >= 11 is 0. The molecule has 0 saturated carbocycles. The summed E-state index contributed by atoms with van der Waals surface area (Å²) < 4.78 is 12.4. The minimum atomic E-state index is -1.15. The zero-order chi connectivity index (χ0) is 15.5. The predicted molar refractivity (Wildman–Crippen MR) is 93.9 cm³/mol. The molecule has 3 rings (SSSR count). The maximum absolute atomic E-state index is 6.31. The monoisotopic (exact) mass is 312 g/mol. The van der Waals surface area contributed by atoms with Crippen molar-refractivity contribution in [2.24, 2.45) is 0 Å². The van der Waals surface area contributed by atoms with Gasteiger partial charge < -0.3 is 9.16 Å². The van der Waals surface area contributed by atoms with Gasteiger partial charge in [0, 0.05) is 12.0 Å². The van der Waals surface area contributed by atoms with Gasteiger partial charge in [-0.2, -0.15) is 0 Å². The Kier molecular flexibility index (Phi) is 4.53. The Morgan fingerprint density at radius 1 is 1.09 bits per heavy atom. The third-order valence-electron chi connectivity index (χ3n) is 4.01. The molecule has 0 unspecified atom stereocenters. The van der Waals surface area contributed by atoms with Crippen molar-refractivity contribution in [3.8, 4) is 17.2 Å². The summed E-state index contributed by atoms with van der Waals surface area (Å²) in [6.45, 7) is 6.68.